The van der Waals surface area contributed by atoms with Crippen molar-refractivity contribution in [1.29, 1.82) is 0 Å². The number of hydrogen-bond acceptors (Lipinski definition) is 5. The minimum absolute atomic E-state index is 0.00477. The molecule has 0 radical (unpaired) electrons. The average Bonchev–Trinajstić information content (AvgIpc) is 2.96. The quantitative estimate of drug-likeness (QED) is 0.823. The van der Waals surface area contributed by atoms with Gasteiger partial charge in [0.05, 0.1) is 0 Å². The minimum Gasteiger partial charge on any atom is -0.477 e. The third kappa shape index (κ3) is 2.82. The van der Waals surface area contributed by atoms with Crippen molar-refractivity contribution < 1.29 is 19.5 Å². The minimum atomic E-state index is -1.15. The molecule has 0 bridgehead atoms. The highest BCUT2D eigenvalue weighted by Crippen LogP contribution is 2.11. The molecule has 7 heteroatoms. The molecule has 1 unspecified atom stereocenters. The number of carbonyl (C=O) groups is 2. The zero-order valence-electron chi connectivity index (χ0n) is 8.75. The van der Waals surface area contributed by atoms with Crippen molar-refractivity contribution in [2.24, 2.45) is 5.16 Å². The van der Waals surface area contributed by atoms with E-state index in [-0.39, 0.29) is 18.0 Å². The third-order valence-electron chi connectivity index (χ3n) is 2.26. The summed E-state index contributed by atoms with van der Waals surface area (Å²) in [6.45, 7) is 0.407. The van der Waals surface area contributed by atoms with E-state index in [9.17, 15) is 9.59 Å². The van der Waals surface area contributed by atoms with E-state index < -0.39 is 12.1 Å². The van der Waals surface area contributed by atoms with Crippen LogP contribution in [0.2, 0.25) is 0 Å². The number of carboxylic acids is 1. The molecule has 2 rings (SSSR count). The van der Waals surface area contributed by atoms with Crippen molar-refractivity contribution in [2.45, 2.75) is 19.1 Å². The standard InChI is InChI=1S/C10H10N2O4S/c13-9(11-4-6-1-2-17-5-6)8-3-7(10(14)15)12-16-8/h1-2,5,8H,3-4H2,(H,11,13)(H,14,15). The Balaban J connectivity index is 1.81. The Bertz CT molecular complexity index is 455. The van der Waals surface area contributed by atoms with E-state index in [1.807, 2.05) is 16.8 Å². The van der Waals surface area contributed by atoms with Crippen LogP contribution in [0.25, 0.3) is 0 Å². The summed E-state index contributed by atoms with van der Waals surface area (Å²) in [7, 11) is 0. The first-order valence-electron chi connectivity index (χ1n) is 4.91. The van der Waals surface area contributed by atoms with E-state index in [0.29, 0.717) is 6.54 Å². The van der Waals surface area contributed by atoms with Crippen LogP contribution in [0.5, 0.6) is 0 Å². The third-order valence-corrected chi connectivity index (χ3v) is 2.99. The van der Waals surface area contributed by atoms with Crippen LogP contribution in [0, 0.1) is 0 Å². The molecule has 0 spiro atoms. The predicted octanol–water partition coefficient (Wildman–Crippen LogP) is 0.594. The molecule has 1 amide bonds. The van der Waals surface area contributed by atoms with Gasteiger partial charge < -0.3 is 15.3 Å². The number of amides is 1. The summed E-state index contributed by atoms with van der Waals surface area (Å²) >= 11 is 1.54. The van der Waals surface area contributed by atoms with Crippen molar-refractivity contribution >= 4 is 28.9 Å². The van der Waals surface area contributed by atoms with Gasteiger partial charge in [0, 0.05) is 13.0 Å². The van der Waals surface area contributed by atoms with Crippen molar-refractivity contribution in [3.8, 4) is 0 Å². The fourth-order valence-corrected chi connectivity index (χ4v) is 2.01. The van der Waals surface area contributed by atoms with Crippen molar-refractivity contribution in [3.05, 3.63) is 22.4 Å². The monoisotopic (exact) mass is 254 g/mol. The number of oxime groups is 1. The largest absolute Gasteiger partial charge is 0.477 e. The van der Waals surface area contributed by atoms with Crippen molar-refractivity contribution in [1.82, 2.24) is 5.32 Å². The molecule has 1 aromatic rings. The number of carboxylic acid groups (broad SMARTS) is 1. The van der Waals surface area contributed by atoms with Crippen LogP contribution >= 0.6 is 11.3 Å². The summed E-state index contributed by atoms with van der Waals surface area (Å²) in [5, 5.41) is 18.5. The molecule has 90 valence electrons. The van der Waals surface area contributed by atoms with Gasteiger partial charge in [-0.1, -0.05) is 5.16 Å². The second-order valence-corrected chi connectivity index (χ2v) is 4.27. The fourth-order valence-electron chi connectivity index (χ4n) is 1.34. The van der Waals surface area contributed by atoms with Gasteiger partial charge in [-0.05, 0) is 22.4 Å². The van der Waals surface area contributed by atoms with Gasteiger partial charge in [-0.2, -0.15) is 11.3 Å². The number of hydrogen-bond donors (Lipinski definition) is 2. The van der Waals surface area contributed by atoms with Gasteiger partial charge >= 0.3 is 5.97 Å². The lowest BCUT2D eigenvalue weighted by molar-refractivity contribution is -0.131. The van der Waals surface area contributed by atoms with Crippen LogP contribution in [-0.2, 0) is 21.0 Å². The SMILES string of the molecule is O=C(O)C1=NOC(C(=O)NCc2ccsc2)C1. The lowest BCUT2D eigenvalue weighted by Gasteiger charge is -2.08. The van der Waals surface area contributed by atoms with Crippen LogP contribution in [0.3, 0.4) is 0 Å². The Kier molecular flexibility index (Phi) is 3.38. The number of rotatable bonds is 4. The highest BCUT2D eigenvalue weighted by atomic mass is 32.1. The Morgan fingerprint density at radius 1 is 1.65 bits per heavy atom. The predicted molar refractivity (Wildman–Crippen MR) is 60.7 cm³/mol. The number of nitrogens with zero attached hydrogens (tertiary/aromatic N) is 1. The summed E-state index contributed by atoms with van der Waals surface area (Å²) in [5.41, 5.74) is 0.876. The molecule has 0 saturated carbocycles. The molecule has 17 heavy (non-hydrogen) atoms. The van der Waals surface area contributed by atoms with Gasteiger partial charge in [-0.25, -0.2) is 4.79 Å². The molecule has 1 aromatic heterocycles. The van der Waals surface area contributed by atoms with Gasteiger partial charge in [0.15, 0.2) is 5.71 Å². The normalized spacial score (nSPS) is 18.4. The first kappa shape index (κ1) is 11.6. The molecule has 0 saturated heterocycles. The van der Waals surface area contributed by atoms with Crippen molar-refractivity contribution in [3.63, 3.8) is 0 Å². The van der Waals surface area contributed by atoms with Gasteiger partial charge in [0.1, 0.15) is 0 Å². The van der Waals surface area contributed by atoms with Crippen LogP contribution < -0.4 is 5.32 Å². The lowest BCUT2D eigenvalue weighted by atomic mass is 10.1. The van der Waals surface area contributed by atoms with Gasteiger partial charge in [0.25, 0.3) is 5.91 Å². The Hall–Kier alpha value is -1.89. The summed E-state index contributed by atoms with van der Waals surface area (Å²) < 4.78 is 0. The molecule has 6 nitrogen and oxygen atoms in total. The second-order valence-electron chi connectivity index (χ2n) is 3.49. The maximum atomic E-state index is 11.6. The molecular formula is C10H10N2O4S. The van der Waals surface area contributed by atoms with Gasteiger partial charge in [0.2, 0.25) is 6.10 Å². The van der Waals surface area contributed by atoms with Crippen LogP contribution in [0.1, 0.15) is 12.0 Å². The summed E-state index contributed by atoms with van der Waals surface area (Å²) in [4.78, 5) is 26.9. The van der Waals surface area contributed by atoms with Gasteiger partial charge in [-0.15, -0.1) is 0 Å². The number of aliphatic carboxylic acids is 1. The molecule has 1 aliphatic rings. The summed E-state index contributed by atoms with van der Waals surface area (Å²) in [6, 6.07) is 1.90. The molecule has 2 N–H and O–H groups in total. The second kappa shape index (κ2) is 4.96. The van der Waals surface area contributed by atoms with E-state index in [0.717, 1.165) is 5.56 Å². The fraction of sp³-hybridized carbons (Fsp3) is 0.300. The topological polar surface area (TPSA) is 88.0 Å². The van der Waals surface area contributed by atoms with Crippen LogP contribution in [0.15, 0.2) is 22.0 Å². The molecule has 1 aliphatic heterocycles. The van der Waals surface area contributed by atoms with E-state index >= 15 is 0 Å². The molecule has 2 heterocycles. The molecule has 0 aromatic carbocycles. The van der Waals surface area contributed by atoms with E-state index in [1.54, 1.807) is 11.3 Å². The maximum Gasteiger partial charge on any atom is 0.353 e. The highest BCUT2D eigenvalue weighted by Gasteiger charge is 2.31. The highest BCUT2D eigenvalue weighted by molar-refractivity contribution is 7.07. The number of nitrogens with one attached hydrogen (secondary N) is 1. The van der Waals surface area contributed by atoms with Crippen molar-refractivity contribution in [2.75, 3.05) is 0 Å². The first-order valence-corrected chi connectivity index (χ1v) is 5.86. The summed E-state index contributed by atoms with van der Waals surface area (Å²) in [6.07, 6.45) is -0.829. The first-order chi connectivity index (χ1) is 8.16. The Morgan fingerprint density at radius 2 is 2.47 bits per heavy atom. The lowest BCUT2D eigenvalue weighted by Crippen LogP contribution is -2.34. The maximum absolute atomic E-state index is 11.6. The zero-order chi connectivity index (χ0) is 12.3. The van der Waals surface area contributed by atoms with E-state index in [2.05, 4.69) is 10.5 Å². The summed E-state index contributed by atoms with van der Waals surface area (Å²) in [5.74, 6) is -1.51. The Morgan fingerprint density at radius 3 is 3.06 bits per heavy atom. The molecule has 1 atom stereocenters. The van der Waals surface area contributed by atoms with Gasteiger partial charge in [-0.3, -0.25) is 4.79 Å². The zero-order valence-corrected chi connectivity index (χ0v) is 9.57. The average molecular weight is 254 g/mol. The van der Waals surface area contributed by atoms with E-state index in [4.69, 9.17) is 9.94 Å². The number of thiophene rings is 1. The van der Waals surface area contributed by atoms with E-state index in [1.165, 1.54) is 0 Å². The molecule has 0 fully saturated rings. The number of carbonyl (C=O) groups excluding carboxylic acids is 1. The molecular weight excluding hydrogens is 244 g/mol. The van der Waals surface area contributed by atoms with Crippen LogP contribution in [-0.4, -0.2) is 28.8 Å². The van der Waals surface area contributed by atoms with Crippen LogP contribution in [0.4, 0.5) is 0 Å². The molecule has 0 aliphatic carbocycles. The Labute approximate surface area is 101 Å². The smallest absolute Gasteiger partial charge is 0.353 e.